The van der Waals surface area contributed by atoms with Crippen molar-refractivity contribution < 1.29 is 18.6 Å². The third-order valence-corrected chi connectivity index (χ3v) is 4.58. The highest BCUT2D eigenvalue weighted by Gasteiger charge is 2.29. The molecule has 20 heavy (non-hydrogen) atoms. The van der Waals surface area contributed by atoms with E-state index in [9.17, 15) is 9.36 Å². The smallest absolute Gasteiger partial charge is 0.323 e. The predicted octanol–water partition coefficient (Wildman–Crippen LogP) is 1.76. The van der Waals surface area contributed by atoms with E-state index in [2.05, 4.69) is 5.09 Å². The first-order valence-electron chi connectivity index (χ1n) is 6.49. The zero-order chi connectivity index (χ0) is 15.0. The molecule has 2 atom stereocenters. The number of rotatable bonds is 8. The number of hydrogen-bond donors (Lipinski definition) is 2. The second-order valence-electron chi connectivity index (χ2n) is 4.19. The lowest BCUT2D eigenvalue weighted by Gasteiger charge is -2.23. The molecular formula is C13H21N2O4P. The molecule has 3 N–H and O–H groups in total. The van der Waals surface area contributed by atoms with Gasteiger partial charge in [0.2, 0.25) is 0 Å². The van der Waals surface area contributed by atoms with E-state index in [1.54, 1.807) is 38.1 Å². The molecule has 0 aromatic heterocycles. The topological polar surface area (TPSA) is 90.7 Å². The summed E-state index contributed by atoms with van der Waals surface area (Å²) in [6.45, 7) is 3.75. The van der Waals surface area contributed by atoms with Gasteiger partial charge in [0, 0.05) is 6.54 Å². The fourth-order valence-corrected chi connectivity index (χ4v) is 3.34. The number of carbonyl (C=O) groups is 1. The second-order valence-corrected chi connectivity index (χ2v) is 6.43. The van der Waals surface area contributed by atoms with E-state index >= 15 is 0 Å². The molecule has 0 amide bonds. The number of nitrogens with one attached hydrogen (secondary N) is 1. The summed E-state index contributed by atoms with van der Waals surface area (Å²) >= 11 is 0. The number of hydrogen-bond acceptors (Lipinski definition) is 5. The van der Waals surface area contributed by atoms with Crippen molar-refractivity contribution in [3.05, 3.63) is 30.3 Å². The molecule has 1 aromatic carbocycles. The minimum absolute atomic E-state index is 0.131. The molecule has 0 unspecified atom stereocenters. The summed E-state index contributed by atoms with van der Waals surface area (Å²) in [6.07, 6.45) is 0.131. The summed E-state index contributed by atoms with van der Waals surface area (Å²) in [4.78, 5) is 11.6. The average Bonchev–Trinajstić information content (AvgIpc) is 2.40. The van der Waals surface area contributed by atoms with Crippen LogP contribution in [0.25, 0.3) is 0 Å². The van der Waals surface area contributed by atoms with E-state index < -0.39 is 19.5 Å². The van der Waals surface area contributed by atoms with Crippen LogP contribution in [-0.4, -0.2) is 31.3 Å². The van der Waals surface area contributed by atoms with E-state index in [-0.39, 0.29) is 19.3 Å². The molecule has 6 nitrogen and oxygen atoms in total. The van der Waals surface area contributed by atoms with E-state index in [4.69, 9.17) is 15.0 Å². The zero-order valence-corrected chi connectivity index (χ0v) is 12.6. The Balaban J connectivity index is 2.76. The number of esters is 1. The molecule has 0 saturated carbocycles. The molecule has 1 aromatic rings. The molecule has 1 rings (SSSR count). The van der Waals surface area contributed by atoms with Gasteiger partial charge in [-0.25, -0.2) is 5.09 Å². The van der Waals surface area contributed by atoms with E-state index in [1.807, 2.05) is 6.07 Å². The lowest BCUT2D eigenvalue weighted by Crippen LogP contribution is -2.36. The van der Waals surface area contributed by atoms with Gasteiger partial charge >= 0.3 is 13.5 Å². The Morgan fingerprint density at radius 3 is 2.60 bits per heavy atom. The minimum atomic E-state index is -3.25. The highest BCUT2D eigenvalue weighted by Crippen LogP contribution is 2.42. The molecule has 0 bridgehead atoms. The first kappa shape index (κ1) is 16.7. The van der Waals surface area contributed by atoms with Crippen molar-refractivity contribution >= 4 is 13.5 Å². The van der Waals surface area contributed by atoms with Gasteiger partial charge in [0.1, 0.15) is 11.8 Å². The fourth-order valence-electron chi connectivity index (χ4n) is 1.57. The maximum absolute atomic E-state index is 12.7. The van der Waals surface area contributed by atoms with Crippen LogP contribution >= 0.6 is 7.52 Å². The summed E-state index contributed by atoms with van der Waals surface area (Å²) in [7, 11) is -3.25. The third kappa shape index (κ3) is 5.33. The standard InChI is InChI=1S/C13H21N2O4P/c1-3-18-13(16)11(2)15-20(17,10-9-14)19-12-7-5-4-6-8-12/h4-8,11H,3,9-10,14H2,1-2H3,(H,15,17)/t11-,20+/m0/s1. The van der Waals surface area contributed by atoms with Crippen LogP contribution in [0.4, 0.5) is 0 Å². The van der Waals surface area contributed by atoms with Crippen LogP contribution in [0.3, 0.4) is 0 Å². The maximum atomic E-state index is 12.7. The average molecular weight is 300 g/mol. The molecule has 0 aliphatic carbocycles. The van der Waals surface area contributed by atoms with Gasteiger partial charge in [-0.3, -0.25) is 9.36 Å². The second kappa shape index (κ2) is 8.04. The van der Waals surface area contributed by atoms with Crippen LogP contribution in [-0.2, 0) is 14.1 Å². The molecule has 0 fully saturated rings. The first-order chi connectivity index (χ1) is 9.50. The van der Waals surface area contributed by atoms with Crippen LogP contribution in [0.5, 0.6) is 5.75 Å². The fraction of sp³-hybridized carbons (Fsp3) is 0.462. The van der Waals surface area contributed by atoms with Crippen LogP contribution in [0.2, 0.25) is 0 Å². The Hall–Kier alpha value is -1.36. The van der Waals surface area contributed by atoms with Crippen LogP contribution in [0, 0.1) is 0 Å². The Bertz CT molecular complexity index is 467. The van der Waals surface area contributed by atoms with Crippen molar-refractivity contribution in [2.24, 2.45) is 5.73 Å². The van der Waals surface area contributed by atoms with Gasteiger partial charge in [-0.05, 0) is 26.0 Å². The van der Waals surface area contributed by atoms with Crippen molar-refractivity contribution in [3.8, 4) is 5.75 Å². The molecule has 0 radical (unpaired) electrons. The highest BCUT2D eigenvalue weighted by molar-refractivity contribution is 7.57. The van der Waals surface area contributed by atoms with Gasteiger partial charge < -0.3 is 15.0 Å². The number of para-hydroxylation sites is 1. The first-order valence-corrected chi connectivity index (χ1v) is 8.30. The highest BCUT2D eigenvalue weighted by atomic mass is 31.2. The predicted molar refractivity (Wildman–Crippen MR) is 77.8 cm³/mol. The van der Waals surface area contributed by atoms with Crippen LogP contribution in [0.1, 0.15) is 13.8 Å². The summed E-state index contributed by atoms with van der Waals surface area (Å²) in [5, 5.41) is 2.71. The number of benzene rings is 1. The van der Waals surface area contributed by atoms with Gasteiger partial charge in [-0.15, -0.1) is 0 Å². The third-order valence-electron chi connectivity index (χ3n) is 2.45. The molecule has 112 valence electrons. The molecule has 0 heterocycles. The Morgan fingerprint density at radius 2 is 2.05 bits per heavy atom. The van der Waals surface area contributed by atoms with Gasteiger partial charge in [-0.2, -0.15) is 0 Å². The van der Waals surface area contributed by atoms with Crippen molar-refractivity contribution in [2.75, 3.05) is 19.3 Å². The van der Waals surface area contributed by atoms with Crippen molar-refractivity contribution in [1.82, 2.24) is 5.09 Å². The molecule has 0 spiro atoms. The summed E-state index contributed by atoms with van der Waals surface area (Å²) in [5.74, 6) is -0.00532. The van der Waals surface area contributed by atoms with Gasteiger partial charge in [-0.1, -0.05) is 18.2 Å². The number of ether oxygens (including phenoxy) is 1. The molecule has 0 aliphatic rings. The van der Waals surface area contributed by atoms with Gasteiger partial charge in [0.15, 0.2) is 0 Å². The summed E-state index contributed by atoms with van der Waals surface area (Å²) < 4.78 is 23.0. The number of nitrogens with two attached hydrogens (primary N) is 1. The summed E-state index contributed by atoms with van der Waals surface area (Å²) in [5.41, 5.74) is 5.47. The largest absolute Gasteiger partial charge is 0.465 e. The van der Waals surface area contributed by atoms with Crippen LogP contribution in [0.15, 0.2) is 30.3 Å². The van der Waals surface area contributed by atoms with E-state index in [1.165, 1.54) is 0 Å². The Labute approximate surface area is 119 Å². The molecule has 0 aliphatic heterocycles. The molecular weight excluding hydrogens is 279 g/mol. The summed E-state index contributed by atoms with van der Waals surface area (Å²) in [6, 6.07) is 8.04. The molecule has 7 heteroatoms. The zero-order valence-electron chi connectivity index (χ0n) is 11.7. The maximum Gasteiger partial charge on any atom is 0.323 e. The van der Waals surface area contributed by atoms with Crippen LogP contribution < -0.4 is 15.3 Å². The lowest BCUT2D eigenvalue weighted by molar-refractivity contribution is -0.144. The normalized spacial score (nSPS) is 15.2. The van der Waals surface area contributed by atoms with Gasteiger partial charge in [0.25, 0.3) is 0 Å². The molecule has 0 saturated heterocycles. The lowest BCUT2D eigenvalue weighted by atomic mass is 10.3. The monoisotopic (exact) mass is 300 g/mol. The minimum Gasteiger partial charge on any atom is -0.465 e. The van der Waals surface area contributed by atoms with Crippen molar-refractivity contribution in [2.45, 2.75) is 19.9 Å². The van der Waals surface area contributed by atoms with Crippen molar-refractivity contribution in [1.29, 1.82) is 0 Å². The van der Waals surface area contributed by atoms with E-state index in [0.29, 0.717) is 5.75 Å². The quantitative estimate of drug-likeness (QED) is 0.561. The van der Waals surface area contributed by atoms with Gasteiger partial charge in [0.05, 0.1) is 12.8 Å². The number of carbonyl (C=O) groups excluding carboxylic acids is 1. The van der Waals surface area contributed by atoms with E-state index in [0.717, 1.165) is 0 Å². The Kier molecular flexibility index (Phi) is 6.71. The SMILES string of the molecule is CCOC(=O)[C@H](C)N[P@@](=O)(CCN)Oc1ccccc1. The Morgan fingerprint density at radius 1 is 1.40 bits per heavy atom. The van der Waals surface area contributed by atoms with Crippen molar-refractivity contribution in [3.63, 3.8) is 0 Å².